The number of fused-ring (bicyclic) bond motifs is 1. The van der Waals surface area contributed by atoms with E-state index >= 15 is 0 Å². The van der Waals surface area contributed by atoms with E-state index in [9.17, 15) is 33.9 Å². The summed E-state index contributed by atoms with van der Waals surface area (Å²) < 4.78 is 30.6. The number of carbonyl (C=O) groups is 6. The molecule has 0 aliphatic rings. The van der Waals surface area contributed by atoms with Gasteiger partial charge in [-0.15, -0.1) is 5.10 Å². The zero-order valence-corrected chi connectivity index (χ0v) is 39.5. The lowest BCUT2D eigenvalue weighted by Crippen LogP contribution is -2.54. The molecule has 0 saturated carbocycles. The highest BCUT2D eigenvalue weighted by atomic mass is 16.6. The topological polar surface area (TPSA) is 376 Å². The molecule has 11 N–H and O–H groups in total. The first-order chi connectivity index (χ1) is 33.6. The molecule has 0 spiro atoms. The zero-order chi connectivity index (χ0) is 50.8. The third-order valence-corrected chi connectivity index (χ3v) is 9.97. The van der Waals surface area contributed by atoms with Gasteiger partial charge in [0.25, 0.3) is 6.01 Å². The number of aromatic nitrogens is 7. The summed E-state index contributed by atoms with van der Waals surface area (Å²) in [6.45, 7) is 8.55. The van der Waals surface area contributed by atoms with Crippen molar-refractivity contribution in [3.8, 4) is 12.0 Å². The Bertz CT molecular complexity index is 2310. The summed E-state index contributed by atoms with van der Waals surface area (Å²) in [5.74, 6) is -3.29. The van der Waals surface area contributed by atoms with E-state index in [4.69, 9.17) is 40.3 Å². The van der Waals surface area contributed by atoms with Gasteiger partial charge >= 0.3 is 24.1 Å². The first kappa shape index (κ1) is 55.2. The number of benzene rings is 1. The van der Waals surface area contributed by atoms with Crippen molar-refractivity contribution in [3.05, 3.63) is 41.7 Å². The monoisotopic (exact) mass is 984 g/mol. The van der Waals surface area contributed by atoms with Crippen LogP contribution in [-0.2, 0) is 57.8 Å². The predicted octanol–water partition coefficient (Wildman–Crippen LogP) is 0.786. The van der Waals surface area contributed by atoms with Crippen LogP contribution in [0.3, 0.4) is 0 Å². The Kier molecular flexibility index (Phi) is 23.3. The van der Waals surface area contributed by atoms with Crippen LogP contribution >= 0.6 is 0 Å². The van der Waals surface area contributed by atoms with Gasteiger partial charge in [-0.2, -0.15) is 15.0 Å². The van der Waals surface area contributed by atoms with Gasteiger partial charge in [0, 0.05) is 25.2 Å². The summed E-state index contributed by atoms with van der Waals surface area (Å²) in [6.07, 6.45) is 2.50. The van der Waals surface area contributed by atoms with E-state index in [1.165, 1.54) is 4.57 Å². The van der Waals surface area contributed by atoms with Crippen LogP contribution in [-0.4, -0.2) is 152 Å². The SMILES string of the molecule is CCCCOc1nc(N)c2nc(O)n(Cc3cn(CCOCCOCCOCCNC(=O)OCc4ccc(NC(=O)[C@H](CCCNC(N)=O)NC(=O)[C@@H](NC(=O)CCC(=O)O)C(C)C)cc4)nn3)c2n1. The second kappa shape index (κ2) is 29.5. The highest BCUT2D eigenvalue weighted by molar-refractivity contribution is 5.98. The molecular formula is C43H64N14O13. The summed E-state index contributed by atoms with van der Waals surface area (Å²) in [7, 11) is 0. The highest BCUT2D eigenvalue weighted by Crippen LogP contribution is 2.25. The van der Waals surface area contributed by atoms with Crippen LogP contribution < -0.4 is 42.8 Å². The minimum Gasteiger partial charge on any atom is -0.481 e. The Morgan fingerprint density at radius 1 is 0.829 bits per heavy atom. The molecule has 0 radical (unpaired) electrons. The van der Waals surface area contributed by atoms with Gasteiger partial charge < -0.3 is 71.9 Å². The van der Waals surface area contributed by atoms with E-state index in [-0.39, 0.29) is 75.5 Å². The molecule has 2 atom stereocenters. The van der Waals surface area contributed by atoms with Gasteiger partial charge in [-0.05, 0) is 42.9 Å². The van der Waals surface area contributed by atoms with Crippen molar-refractivity contribution in [2.75, 3.05) is 70.4 Å². The predicted molar refractivity (Wildman–Crippen MR) is 249 cm³/mol. The number of hydrogen-bond acceptors (Lipinski definition) is 18. The van der Waals surface area contributed by atoms with E-state index in [1.54, 1.807) is 49.0 Å². The fourth-order valence-corrected chi connectivity index (χ4v) is 6.28. The largest absolute Gasteiger partial charge is 0.481 e. The number of hydrogen-bond donors (Lipinski definition) is 9. The summed E-state index contributed by atoms with van der Waals surface area (Å²) in [4.78, 5) is 85.7. The van der Waals surface area contributed by atoms with Crippen molar-refractivity contribution >= 4 is 58.5 Å². The number of unbranched alkanes of at least 4 members (excludes halogenated alkanes) is 1. The lowest BCUT2D eigenvalue weighted by molar-refractivity contribution is -0.139. The molecule has 0 bridgehead atoms. The Labute approximate surface area is 403 Å². The normalized spacial score (nSPS) is 12.0. The van der Waals surface area contributed by atoms with Crippen LogP contribution in [0, 0.1) is 5.92 Å². The van der Waals surface area contributed by atoms with Gasteiger partial charge in [0.2, 0.25) is 17.7 Å². The number of ether oxygens (including phenoxy) is 5. The van der Waals surface area contributed by atoms with Crippen molar-refractivity contribution in [1.82, 2.24) is 55.8 Å². The van der Waals surface area contributed by atoms with Gasteiger partial charge in [-0.3, -0.25) is 23.7 Å². The molecule has 1 aromatic carbocycles. The molecule has 3 aromatic heterocycles. The molecule has 0 saturated heterocycles. The lowest BCUT2D eigenvalue weighted by Gasteiger charge is -2.25. The minimum absolute atomic E-state index is 0.0603. The molecule has 0 unspecified atom stereocenters. The number of alkyl carbamates (subject to hydrolysis) is 1. The van der Waals surface area contributed by atoms with Crippen LogP contribution in [0.15, 0.2) is 30.5 Å². The van der Waals surface area contributed by atoms with Gasteiger partial charge in [-0.1, -0.05) is 44.5 Å². The molecule has 0 aliphatic carbocycles. The maximum Gasteiger partial charge on any atom is 0.407 e. The first-order valence-electron chi connectivity index (χ1n) is 22.8. The second-order valence-electron chi connectivity index (χ2n) is 15.9. The van der Waals surface area contributed by atoms with Crippen molar-refractivity contribution in [2.45, 2.75) is 91.1 Å². The van der Waals surface area contributed by atoms with Crippen molar-refractivity contribution < 1.29 is 62.7 Å². The fraction of sp³-hybridized carbons (Fsp3) is 0.558. The third kappa shape index (κ3) is 19.7. The summed E-state index contributed by atoms with van der Waals surface area (Å²) in [5.41, 5.74) is 13.3. The van der Waals surface area contributed by atoms with Gasteiger partial charge in [-0.25, -0.2) is 14.3 Å². The van der Waals surface area contributed by atoms with Gasteiger partial charge in [0.05, 0.1) is 72.0 Å². The van der Waals surface area contributed by atoms with Crippen molar-refractivity contribution in [3.63, 3.8) is 0 Å². The number of carbonyl (C=O) groups excluding carboxylic acids is 5. The number of aliphatic carboxylic acids is 1. The van der Waals surface area contributed by atoms with E-state index in [0.29, 0.717) is 68.8 Å². The molecule has 0 aliphatic heterocycles. The van der Waals surface area contributed by atoms with E-state index in [1.807, 2.05) is 6.92 Å². The summed E-state index contributed by atoms with van der Waals surface area (Å²) in [5, 5.41) is 40.6. The van der Waals surface area contributed by atoms with Crippen molar-refractivity contribution in [1.29, 1.82) is 0 Å². The number of aromatic hydroxyl groups is 1. The molecule has 0 fully saturated rings. The number of rotatable bonds is 33. The number of imidazole rings is 1. The Morgan fingerprint density at radius 3 is 2.23 bits per heavy atom. The number of carboxylic acid groups (broad SMARTS) is 1. The number of nitrogens with one attached hydrogen (secondary N) is 5. The average molecular weight is 985 g/mol. The number of nitrogens with zero attached hydrogens (tertiary/aromatic N) is 7. The number of nitrogen functional groups attached to an aromatic ring is 1. The van der Waals surface area contributed by atoms with Crippen LogP contribution in [0.5, 0.6) is 12.0 Å². The summed E-state index contributed by atoms with van der Waals surface area (Å²) >= 11 is 0. The lowest BCUT2D eigenvalue weighted by atomic mass is 10.0. The number of amides is 6. The average Bonchev–Trinajstić information content (AvgIpc) is 3.91. The number of nitrogens with two attached hydrogens (primary N) is 2. The third-order valence-electron chi connectivity index (χ3n) is 9.97. The number of carboxylic acids is 1. The molecular weight excluding hydrogens is 921 g/mol. The highest BCUT2D eigenvalue weighted by Gasteiger charge is 2.29. The number of urea groups is 1. The summed E-state index contributed by atoms with van der Waals surface area (Å²) in [6, 6.07) is 3.41. The Balaban J connectivity index is 1.06. The molecule has 6 amide bonds. The van der Waals surface area contributed by atoms with E-state index < -0.39 is 60.2 Å². The molecule has 27 nitrogen and oxygen atoms in total. The Hall–Kier alpha value is -7.39. The maximum atomic E-state index is 13.3. The van der Waals surface area contributed by atoms with Crippen LogP contribution in [0.1, 0.15) is 70.6 Å². The van der Waals surface area contributed by atoms with Crippen LogP contribution in [0.2, 0.25) is 0 Å². The standard InChI is InChI=1S/C43H64N14O13/c1-4-5-17-69-41-52-36(44)35-37(53-41)57(42(64)51-35)25-30-24-56(55-54-30)16-19-67-21-23-68-22-20-66-18-15-47-43(65)70-26-28-8-10-29(11-9-28)48-38(61)31(7-6-14-46-40(45)63)49-39(62)34(27(2)3)50-32(58)12-13-33(59)60/h8-11,24,27,31,34H,4-7,12-23,25-26H2,1-3H3,(H,47,65)(H,48,61)(H,49,62)(H,50,58)(H,51,64)(H,59,60)(H2,44,52,53)(H3,45,46,63)/t31-,34-/m0/s1. The van der Waals surface area contributed by atoms with Crippen LogP contribution in [0.25, 0.3) is 11.2 Å². The number of anilines is 2. The maximum absolute atomic E-state index is 13.3. The van der Waals surface area contributed by atoms with Gasteiger partial charge in [0.1, 0.15) is 24.4 Å². The molecule has 384 valence electrons. The fourth-order valence-electron chi connectivity index (χ4n) is 6.28. The number of primary amides is 1. The van der Waals surface area contributed by atoms with E-state index in [2.05, 4.69) is 51.8 Å². The first-order valence-corrected chi connectivity index (χ1v) is 22.8. The molecule has 4 aromatic rings. The minimum atomic E-state index is -1.16. The molecule has 70 heavy (non-hydrogen) atoms. The quantitative estimate of drug-likeness (QED) is 0.0298. The van der Waals surface area contributed by atoms with Crippen LogP contribution in [0.4, 0.5) is 21.1 Å². The molecule has 3 heterocycles. The zero-order valence-electron chi connectivity index (χ0n) is 39.5. The van der Waals surface area contributed by atoms with E-state index in [0.717, 1.165) is 12.8 Å². The molecule has 27 heteroatoms. The van der Waals surface area contributed by atoms with Crippen molar-refractivity contribution in [2.24, 2.45) is 11.7 Å². The van der Waals surface area contributed by atoms with Gasteiger partial charge in [0.15, 0.2) is 17.0 Å². The molecule has 4 rings (SSSR count). The Morgan fingerprint density at radius 2 is 1.54 bits per heavy atom. The smallest absolute Gasteiger partial charge is 0.407 e. The second-order valence-corrected chi connectivity index (χ2v) is 15.9.